The highest BCUT2D eigenvalue weighted by Crippen LogP contribution is 2.34. The number of benzene rings is 4. The number of nitrogens with one attached hydrogen (secondary N) is 1. The average Bonchev–Trinajstić information content (AvgIpc) is 3.02. The van der Waals surface area contributed by atoms with Crippen molar-refractivity contribution in [2.24, 2.45) is 0 Å². The summed E-state index contributed by atoms with van der Waals surface area (Å²) in [4.78, 5) is 54.9. The molecule has 1 aliphatic rings. The summed E-state index contributed by atoms with van der Waals surface area (Å²) in [5, 5.41) is 14.8. The first-order chi connectivity index (χ1) is 21.9. The van der Waals surface area contributed by atoms with Crippen LogP contribution in [0.1, 0.15) is 27.8 Å². The molecule has 1 saturated heterocycles. The van der Waals surface area contributed by atoms with Gasteiger partial charge in [0.15, 0.2) is 5.11 Å². The van der Waals surface area contributed by atoms with Crippen LogP contribution in [0.4, 0.5) is 22.7 Å². The molecule has 46 heavy (non-hydrogen) atoms. The van der Waals surface area contributed by atoms with E-state index in [1.807, 2.05) is 58.0 Å². The maximum Gasteiger partial charge on any atom is 0.283 e. The minimum atomic E-state index is -0.642. The Bertz CT molecular complexity index is 1870. The third-order valence-electron chi connectivity index (χ3n) is 7.65. The van der Waals surface area contributed by atoms with E-state index in [1.165, 1.54) is 28.0 Å². The van der Waals surface area contributed by atoms with E-state index in [2.05, 4.69) is 5.32 Å². The lowest BCUT2D eigenvalue weighted by atomic mass is 10.0. The summed E-state index contributed by atoms with van der Waals surface area (Å²) >= 11 is 6.78. The molecule has 232 valence electrons. The predicted octanol–water partition coefficient (Wildman–Crippen LogP) is 7.31. The number of rotatable bonds is 8. The molecule has 3 amide bonds. The zero-order chi connectivity index (χ0) is 33.1. The standard InChI is InChI=1S/C35H30N4O5S2/c1-21-10-13-27(16-23(21)3)37-33(41)29(34(42)38(35(37)45)28-14-11-22(2)24(4)17-28)18-25-12-15-31(30(19-25)39(43)44)46-20-32(40)36-26-8-6-5-7-9-26/h5-19H,20H2,1-4H3,(H,36,40). The number of aryl methyl sites for hydroxylation is 4. The molecule has 9 nitrogen and oxygen atoms in total. The zero-order valence-corrected chi connectivity index (χ0v) is 27.2. The molecular formula is C35H30N4O5S2. The molecule has 0 spiro atoms. The largest absolute Gasteiger partial charge is 0.325 e. The van der Waals surface area contributed by atoms with Gasteiger partial charge in [-0.1, -0.05) is 36.4 Å². The van der Waals surface area contributed by atoms with Gasteiger partial charge in [-0.05, 0) is 116 Å². The SMILES string of the molecule is Cc1ccc(N2C(=O)C(=Cc3ccc(SCC(=O)Nc4ccccc4)c([N+](=O)[O-])c3)C(=O)N(c3ccc(C)c(C)c3)C2=S)cc1C. The Hall–Kier alpha value is -5.13. The van der Waals surface area contributed by atoms with Crippen molar-refractivity contribution in [1.29, 1.82) is 0 Å². The number of anilines is 3. The molecule has 0 unspecified atom stereocenters. The summed E-state index contributed by atoms with van der Waals surface area (Å²) in [6.07, 6.45) is 1.35. The number of hydrogen-bond acceptors (Lipinski definition) is 7. The highest BCUT2D eigenvalue weighted by Gasteiger charge is 2.41. The van der Waals surface area contributed by atoms with Crippen LogP contribution in [0.25, 0.3) is 6.08 Å². The van der Waals surface area contributed by atoms with Crippen LogP contribution in [-0.4, -0.2) is 33.5 Å². The number of nitrogens with zero attached hydrogens (tertiary/aromatic N) is 3. The van der Waals surface area contributed by atoms with Crippen molar-refractivity contribution in [1.82, 2.24) is 0 Å². The van der Waals surface area contributed by atoms with E-state index in [1.54, 1.807) is 42.5 Å². The maximum atomic E-state index is 14.0. The van der Waals surface area contributed by atoms with E-state index in [-0.39, 0.29) is 38.5 Å². The smallest absolute Gasteiger partial charge is 0.283 e. The van der Waals surface area contributed by atoms with Crippen LogP contribution in [0.5, 0.6) is 0 Å². The molecule has 0 radical (unpaired) electrons. The molecule has 1 heterocycles. The third-order valence-corrected chi connectivity index (χ3v) is 9.08. The summed E-state index contributed by atoms with van der Waals surface area (Å²) in [5.41, 5.74) is 5.36. The van der Waals surface area contributed by atoms with Crippen LogP contribution < -0.4 is 15.1 Å². The lowest BCUT2D eigenvalue weighted by molar-refractivity contribution is -0.387. The van der Waals surface area contributed by atoms with E-state index in [4.69, 9.17) is 12.2 Å². The highest BCUT2D eigenvalue weighted by atomic mass is 32.2. The van der Waals surface area contributed by atoms with Crippen molar-refractivity contribution >= 4 is 75.6 Å². The summed E-state index contributed by atoms with van der Waals surface area (Å²) < 4.78 is 0. The van der Waals surface area contributed by atoms with Crippen LogP contribution in [0, 0.1) is 37.8 Å². The Labute approximate surface area is 276 Å². The fourth-order valence-electron chi connectivity index (χ4n) is 4.83. The second-order valence-electron chi connectivity index (χ2n) is 10.8. The lowest BCUT2D eigenvalue weighted by Crippen LogP contribution is -2.57. The summed E-state index contributed by atoms with van der Waals surface area (Å²) in [6, 6.07) is 24.2. The quantitative estimate of drug-likeness (QED) is 0.0532. The van der Waals surface area contributed by atoms with Crippen molar-refractivity contribution in [2.75, 3.05) is 20.9 Å². The third kappa shape index (κ3) is 6.75. The van der Waals surface area contributed by atoms with Crippen molar-refractivity contribution in [3.8, 4) is 0 Å². The van der Waals surface area contributed by atoms with Crippen LogP contribution in [0.2, 0.25) is 0 Å². The first-order valence-electron chi connectivity index (χ1n) is 14.3. The molecule has 0 saturated carbocycles. The van der Waals surface area contributed by atoms with E-state index >= 15 is 0 Å². The van der Waals surface area contributed by atoms with Gasteiger partial charge < -0.3 is 5.32 Å². The Kier molecular flexibility index (Phi) is 9.45. The van der Waals surface area contributed by atoms with Crippen LogP contribution >= 0.6 is 24.0 Å². The summed E-state index contributed by atoms with van der Waals surface area (Å²) in [5.74, 6) is -1.65. The van der Waals surface area contributed by atoms with E-state index in [0.29, 0.717) is 17.1 Å². The molecular weight excluding hydrogens is 621 g/mol. The minimum Gasteiger partial charge on any atom is -0.325 e. The number of carbonyl (C=O) groups is 3. The number of nitro benzene ring substituents is 1. The van der Waals surface area contributed by atoms with Gasteiger partial charge >= 0.3 is 0 Å². The predicted molar refractivity (Wildman–Crippen MR) is 186 cm³/mol. The average molecular weight is 651 g/mol. The van der Waals surface area contributed by atoms with Gasteiger partial charge in [0, 0.05) is 11.8 Å². The van der Waals surface area contributed by atoms with Crippen molar-refractivity contribution < 1.29 is 19.3 Å². The number of amides is 3. The Morgan fingerprint density at radius 2 is 1.39 bits per heavy atom. The summed E-state index contributed by atoms with van der Waals surface area (Å²) in [6.45, 7) is 7.75. The van der Waals surface area contributed by atoms with Crippen LogP contribution in [0.15, 0.2) is 95.4 Å². The molecule has 5 rings (SSSR count). The molecule has 4 aromatic rings. The number of carbonyl (C=O) groups excluding carboxylic acids is 3. The van der Waals surface area contributed by atoms with Gasteiger partial charge in [-0.3, -0.25) is 34.3 Å². The highest BCUT2D eigenvalue weighted by molar-refractivity contribution is 8.00. The van der Waals surface area contributed by atoms with Crippen LogP contribution in [-0.2, 0) is 14.4 Å². The minimum absolute atomic E-state index is 0.00478. The molecule has 0 bridgehead atoms. The molecule has 0 atom stereocenters. The Morgan fingerprint density at radius 3 is 1.91 bits per heavy atom. The Morgan fingerprint density at radius 1 is 0.826 bits per heavy atom. The molecule has 0 aromatic heterocycles. The molecule has 1 aliphatic heterocycles. The first-order valence-corrected chi connectivity index (χ1v) is 15.7. The number of para-hydroxylation sites is 1. The molecule has 4 aromatic carbocycles. The number of hydrogen-bond donors (Lipinski definition) is 1. The van der Waals surface area contributed by atoms with Gasteiger partial charge in [-0.2, -0.15) is 0 Å². The molecule has 1 fully saturated rings. The van der Waals surface area contributed by atoms with Crippen molar-refractivity contribution in [3.05, 3.63) is 128 Å². The Balaban J connectivity index is 1.51. The van der Waals surface area contributed by atoms with Gasteiger partial charge in [0.25, 0.3) is 17.5 Å². The van der Waals surface area contributed by atoms with E-state index < -0.39 is 16.7 Å². The van der Waals surface area contributed by atoms with Crippen LogP contribution in [0.3, 0.4) is 0 Å². The molecule has 1 N–H and O–H groups in total. The lowest BCUT2D eigenvalue weighted by Gasteiger charge is -2.37. The number of nitro groups is 1. The monoisotopic (exact) mass is 650 g/mol. The van der Waals surface area contributed by atoms with Gasteiger partial charge in [-0.25, -0.2) is 0 Å². The topological polar surface area (TPSA) is 113 Å². The summed E-state index contributed by atoms with van der Waals surface area (Å²) in [7, 11) is 0. The van der Waals surface area contributed by atoms with Gasteiger partial charge in [0.05, 0.1) is 26.9 Å². The second-order valence-corrected chi connectivity index (χ2v) is 12.2. The van der Waals surface area contributed by atoms with Gasteiger partial charge in [-0.15, -0.1) is 11.8 Å². The number of thioether (sulfide) groups is 1. The molecule has 0 aliphatic carbocycles. The van der Waals surface area contributed by atoms with E-state index in [9.17, 15) is 24.5 Å². The normalized spacial score (nSPS) is 13.2. The zero-order valence-electron chi connectivity index (χ0n) is 25.6. The van der Waals surface area contributed by atoms with E-state index in [0.717, 1.165) is 34.0 Å². The van der Waals surface area contributed by atoms with Gasteiger partial charge in [0.1, 0.15) is 5.57 Å². The fraction of sp³-hybridized carbons (Fsp3) is 0.143. The first kappa shape index (κ1) is 32.3. The maximum absolute atomic E-state index is 14.0. The molecule has 11 heteroatoms. The van der Waals surface area contributed by atoms with Crippen molar-refractivity contribution in [3.63, 3.8) is 0 Å². The van der Waals surface area contributed by atoms with Gasteiger partial charge in [0.2, 0.25) is 5.91 Å². The number of thiocarbonyl (C=S) groups is 1. The second kappa shape index (κ2) is 13.5. The van der Waals surface area contributed by atoms with Crippen molar-refractivity contribution in [2.45, 2.75) is 32.6 Å². The fourth-order valence-corrected chi connectivity index (χ4v) is 6.01.